The van der Waals surface area contributed by atoms with Crippen molar-refractivity contribution in [1.29, 1.82) is 0 Å². The Kier molecular flexibility index (Phi) is 4.24. The summed E-state index contributed by atoms with van der Waals surface area (Å²) < 4.78 is 7.31. The van der Waals surface area contributed by atoms with Crippen LogP contribution in [0, 0.1) is 11.8 Å². The van der Waals surface area contributed by atoms with Crippen LogP contribution in [0.15, 0.2) is 60.8 Å². The number of methoxy groups -OCH3 is 1. The van der Waals surface area contributed by atoms with Gasteiger partial charge in [-0.15, -0.1) is 0 Å². The van der Waals surface area contributed by atoms with E-state index in [9.17, 15) is 0 Å². The largest absolute Gasteiger partial charge is 0.497 e. The zero-order valence-electron chi connectivity index (χ0n) is 14.8. The number of pyridine rings is 1. The van der Waals surface area contributed by atoms with Gasteiger partial charge in [-0.05, 0) is 36.1 Å². The summed E-state index contributed by atoms with van der Waals surface area (Å²) in [7, 11) is 1.62. The Morgan fingerprint density at radius 3 is 2.78 bits per heavy atom. The molecule has 1 aliphatic rings. The number of nitrogens with zero attached hydrogens (tertiary/aromatic N) is 4. The number of hydrazine groups is 1. The van der Waals surface area contributed by atoms with Crippen molar-refractivity contribution in [2.24, 2.45) is 11.6 Å². The molecule has 0 bridgehead atoms. The van der Waals surface area contributed by atoms with E-state index in [-0.39, 0.29) is 0 Å². The topological polar surface area (TPSA) is 95.2 Å². The first-order valence-electron chi connectivity index (χ1n) is 8.34. The zero-order chi connectivity index (χ0) is 18.8. The number of ether oxygens (including phenoxy) is 1. The molecule has 0 fully saturated rings. The highest BCUT2D eigenvalue weighted by atomic mass is 16.5. The number of anilines is 1. The smallest absolute Gasteiger partial charge is 0.135 e. The standard InChI is InChI=1S/C20H18N6O/c1-27-16-6-8-18-20(11-16)26(22)15(12-21)10-19-17(24-13-25(18)19)7-5-14-4-2-3-9-23-14/h2-4,6,8-9,11-13H,10,21-22H2,1H3/b15-12-. The van der Waals surface area contributed by atoms with Crippen LogP contribution in [-0.2, 0) is 6.42 Å². The second kappa shape index (κ2) is 6.86. The molecular weight excluding hydrogens is 340 g/mol. The molecule has 0 radical (unpaired) electrons. The quantitative estimate of drug-likeness (QED) is 0.508. The Balaban J connectivity index is 1.86. The van der Waals surface area contributed by atoms with E-state index in [4.69, 9.17) is 16.3 Å². The summed E-state index contributed by atoms with van der Waals surface area (Å²) in [5.41, 5.74) is 10.5. The number of imidazole rings is 1. The lowest BCUT2D eigenvalue weighted by Crippen LogP contribution is -2.31. The monoisotopic (exact) mass is 358 g/mol. The van der Waals surface area contributed by atoms with E-state index in [0.717, 1.165) is 22.8 Å². The average Bonchev–Trinajstić information content (AvgIpc) is 3.07. The van der Waals surface area contributed by atoms with Gasteiger partial charge in [0, 0.05) is 24.9 Å². The molecule has 0 aliphatic carbocycles. The maximum absolute atomic E-state index is 6.33. The molecule has 7 heteroatoms. The van der Waals surface area contributed by atoms with Gasteiger partial charge in [-0.25, -0.2) is 15.8 Å². The van der Waals surface area contributed by atoms with Crippen molar-refractivity contribution < 1.29 is 4.74 Å². The van der Waals surface area contributed by atoms with Crippen LogP contribution in [-0.4, -0.2) is 21.6 Å². The SMILES string of the molecule is COc1ccc2c(c1)N(N)/C(=C\N)Cc1c(C#Cc3ccccn3)ncn1-2. The van der Waals surface area contributed by atoms with Gasteiger partial charge in [0.1, 0.15) is 23.5 Å². The van der Waals surface area contributed by atoms with Crippen LogP contribution in [0.1, 0.15) is 17.1 Å². The molecule has 7 nitrogen and oxygen atoms in total. The molecule has 1 aliphatic heterocycles. The van der Waals surface area contributed by atoms with E-state index in [0.29, 0.717) is 23.6 Å². The Morgan fingerprint density at radius 1 is 1.15 bits per heavy atom. The number of fused-ring (bicyclic) bond motifs is 3. The number of rotatable bonds is 1. The normalized spacial score (nSPS) is 14.0. The average molecular weight is 358 g/mol. The molecule has 4 N–H and O–H groups in total. The highest BCUT2D eigenvalue weighted by Crippen LogP contribution is 2.34. The first-order chi connectivity index (χ1) is 13.2. The van der Waals surface area contributed by atoms with Crippen LogP contribution < -0.4 is 21.3 Å². The minimum atomic E-state index is 0.496. The van der Waals surface area contributed by atoms with Crippen LogP contribution in [0.2, 0.25) is 0 Å². The fourth-order valence-electron chi connectivity index (χ4n) is 2.99. The summed E-state index contributed by atoms with van der Waals surface area (Å²) in [5.74, 6) is 13.2. The molecule has 0 spiro atoms. The van der Waals surface area contributed by atoms with Gasteiger partial charge < -0.3 is 10.5 Å². The third-order valence-corrected chi connectivity index (χ3v) is 4.39. The molecule has 0 atom stereocenters. The summed E-state index contributed by atoms with van der Waals surface area (Å²) in [6.07, 6.45) is 5.46. The van der Waals surface area contributed by atoms with Gasteiger partial charge in [-0.2, -0.15) is 0 Å². The first kappa shape index (κ1) is 16.7. The minimum Gasteiger partial charge on any atom is -0.497 e. The van der Waals surface area contributed by atoms with Crippen LogP contribution in [0.3, 0.4) is 0 Å². The summed E-state index contributed by atoms with van der Waals surface area (Å²) in [6.45, 7) is 0. The number of nitrogens with two attached hydrogens (primary N) is 2. The molecule has 0 unspecified atom stereocenters. The number of hydrogen-bond donors (Lipinski definition) is 2. The maximum atomic E-state index is 6.33. The fourth-order valence-corrected chi connectivity index (χ4v) is 2.99. The van der Waals surface area contributed by atoms with E-state index in [2.05, 4.69) is 21.8 Å². The van der Waals surface area contributed by atoms with Gasteiger partial charge in [0.15, 0.2) is 0 Å². The summed E-state index contributed by atoms with van der Waals surface area (Å²) in [6, 6.07) is 11.3. The number of benzene rings is 1. The highest BCUT2D eigenvalue weighted by molar-refractivity contribution is 5.70. The van der Waals surface area contributed by atoms with Crippen molar-refractivity contribution in [3.05, 3.63) is 77.9 Å². The molecule has 0 saturated carbocycles. The van der Waals surface area contributed by atoms with Crippen molar-refractivity contribution in [1.82, 2.24) is 14.5 Å². The van der Waals surface area contributed by atoms with Crippen molar-refractivity contribution >= 4 is 5.69 Å². The highest BCUT2D eigenvalue weighted by Gasteiger charge is 2.24. The zero-order valence-corrected chi connectivity index (χ0v) is 14.8. The third kappa shape index (κ3) is 2.99. The summed E-state index contributed by atoms with van der Waals surface area (Å²) in [5, 5.41) is 1.57. The van der Waals surface area contributed by atoms with Gasteiger partial charge in [0.2, 0.25) is 0 Å². The summed E-state index contributed by atoms with van der Waals surface area (Å²) >= 11 is 0. The van der Waals surface area contributed by atoms with Crippen molar-refractivity contribution in [3.8, 4) is 23.3 Å². The summed E-state index contributed by atoms with van der Waals surface area (Å²) in [4.78, 5) is 8.72. The molecule has 2 aromatic heterocycles. The molecule has 0 saturated heterocycles. The van der Waals surface area contributed by atoms with Gasteiger partial charge in [0.05, 0.1) is 29.9 Å². The Labute approximate surface area is 156 Å². The van der Waals surface area contributed by atoms with Crippen molar-refractivity contribution in [2.75, 3.05) is 12.1 Å². The molecule has 0 amide bonds. The van der Waals surface area contributed by atoms with Gasteiger partial charge in [0.25, 0.3) is 0 Å². The number of allylic oxidation sites excluding steroid dienone is 1. The van der Waals surface area contributed by atoms with Crippen LogP contribution in [0.4, 0.5) is 5.69 Å². The lowest BCUT2D eigenvalue weighted by atomic mass is 10.2. The number of aromatic nitrogens is 3. The number of hydrogen-bond acceptors (Lipinski definition) is 6. The second-order valence-corrected chi connectivity index (χ2v) is 5.93. The minimum absolute atomic E-state index is 0.496. The van der Waals surface area contributed by atoms with Gasteiger partial charge in [-0.3, -0.25) is 9.58 Å². The second-order valence-electron chi connectivity index (χ2n) is 5.93. The van der Waals surface area contributed by atoms with Gasteiger partial charge in [-0.1, -0.05) is 6.07 Å². The van der Waals surface area contributed by atoms with Gasteiger partial charge >= 0.3 is 0 Å². The van der Waals surface area contributed by atoms with Crippen molar-refractivity contribution in [2.45, 2.75) is 6.42 Å². The van der Waals surface area contributed by atoms with E-state index in [1.807, 2.05) is 41.0 Å². The van der Waals surface area contributed by atoms with E-state index in [1.165, 1.54) is 6.20 Å². The third-order valence-electron chi connectivity index (χ3n) is 4.39. The molecule has 3 aromatic rings. The Hall–Kier alpha value is -3.76. The van der Waals surface area contributed by atoms with Crippen LogP contribution in [0.25, 0.3) is 5.69 Å². The van der Waals surface area contributed by atoms with E-state index < -0.39 is 0 Å². The van der Waals surface area contributed by atoms with E-state index >= 15 is 0 Å². The Bertz CT molecular complexity index is 1070. The lowest BCUT2D eigenvalue weighted by molar-refractivity contribution is 0.415. The van der Waals surface area contributed by atoms with Crippen molar-refractivity contribution in [3.63, 3.8) is 0 Å². The maximum Gasteiger partial charge on any atom is 0.135 e. The van der Waals surface area contributed by atoms with E-state index in [1.54, 1.807) is 24.6 Å². The fraction of sp³-hybridized carbons (Fsp3) is 0.100. The first-order valence-corrected chi connectivity index (χ1v) is 8.34. The molecular formula is C20H18N6O. The van der Waals surface area contributed by atoms with Crippen LogP contribution in [0.5, 0.6) is 5.75 Å². The predicted molar refractivity (Wildman–Crippen MR) is 103 cm³/mol. The molecule has 134 valence electrons. The lowest BCUT2D eigenvalue weighted by Gasteiger charge is -2.21. The molecule has 1 aromatic carbocycles. The van der Waals surface area contributed by atoms with Crippen LogP contribution >= 0.6 is 0 Å². The molecule has 3 heterocycles. The predicted octanol–water partition coefficient (Wildman–Crippen LogP) is 1.71. The molecule has 4 rings (SSSR count). The Morgan fingerprint density at radius 2 is 2.04 bits per heavy atom. The molecule has 27 heavy (non-hydrogen) atoms.